The highest BCUT2D eigenvalue weighted by Gasteiger charge is 2.25. The molecule has 1 aliphatic carbocycles. The topological polar surface area (TPSA) is 26.0 Å². The molecule has 0 heterocycles. The van der Waals surface area contributed by atoms with Gasteiger partial charge in [-0.15, -0.1) is 0 Å². The van der Waals surface area contributed by atoms with Crippen molar-refractivity contribution in [2.24, 2.45) is 17.6 Å². The molecule has 0 aromatic heterocycles. The minimum absolute atomic E-state index is 0.399. The first kappa shape index (κ1) is 14.6. The van der Waals surface area contributed by atoms with Crippen LogP contribution in [0.1, 0.15) is 56.6 Å². The lowest BCUT2D eigenvalue weighted by atomic mass is 9.76. The first-order valence-corrected chi connectivity index (χ1v) is 8.00. The number of rotatable bonds is 5. The Hall–Kier alpha value is -0.820. The van der Waals surface area contributed by atoms with Crippen LogP contribution in [0.5, 0.6) is 0 Å². The van der Waals surface area contributed by atoms with Crippen LogP contribution in [0, 0.1) is 18.8 Å². The van der Waals surface area contributed by atoms with Gasteiger partial charge >= 0.3 is 0 Å². The van der Waals surface area contributed by atoms with Crippen molar-refractivity contribution >= 4 is 0 Å². The lowest BCUT2D eigenvalue weighted by Crippen LogP contribution is -2.34. The maximum Gasteiger partial charge on any atom is 0.00704 e. The van der Waals surface area contributed by atoms with Crippen molar-refractivity contribution in [2.45, 2.75) is 64.8 Å². The predicted octanol–water partition coefficient (Wildman–Crippen LogP) is 4.47. The fourth-order valence-electron chi connectivity index (χ4n) is 3.42. The average Bonchev–Trinajstić information content (AvgIpc) is 2.46. The van der Waals surface area contributed by atoms with Gasteiger partial charge < -0.3 is 5.73 Å². The minimum Gasteiger partial charge on any atom is -0.327 e. The maximum atomic E-state index is 6.44. The van der Waals surface area contributed by atoms with Gasteiger partial charge in [0.1, 0.15) is 0 Å². The average molecular weight is 259 g/mol. The van der Waals surface area contributed by atoms with Crippen LogP contribution >= 0.6 is 0 Å². The van der Waals surface area contributed by atoms with Crippen LogP contribution in [0.3, 0.4) is 0 Å². The molecule has 106 valence electrons. The third-order valence-corrected chi connectivity index (χ3v) is 4.89. The van der Waals surface area contributed by atoms with Crippen molar-refractivity contribution < 1.29 is 0 Å². The summed E-state index contributed by atoms with van der Waals surface area (Å²) in [5, 5.41) is 0. The molecule has 3 atom stereocenters. The Morgan fingerprint density at radius 1 is 1.21 bits per heavy atom. The zero-order valence-corrected chi connectivity index (χ0v) is 12.6. The van der Waals surface area contributed by atoms with Crippen molar-refractivity contribution in [1.82, 2.24) is 0 Å². The molecule has 3 unspecified atom stereocenters. The van der Waals surface area contributed by atoms with Crippen LogP contribution in [0.15, 0.2) is 24.3 Å². The van der Waals surface area contributed by atoms with Crippen molar-refractivity contribution in [1.29, 1.82) is 0 Å². The summed E-state index contributed by atoms with van der Waals surface area (Å²) < 4.78 is 0. The van der Waals surface area contributed by atoms with Gasteiger partial charge in [0.05, 0.1) is 0 Å². The Morgan fingerprint density at radius 2 is 1.95 bits per heavy atom. The van der Waals surface area contributed by atoms with E-state index in [1.54, 1.807) is 0 Å². The molecule has 0 amide bonds. The number of nitrogens with two attached hydrogens (primary N) is 1. The van der Waals surface area contributed by atoms with E-state index in [0.29, 0.717) is 6.04 Å². The number of benzene rings is 1. The van der Waals surface area contributed by atoms with Crippen LogP contribution in [0.4, 0.5) is 0 Å². The SMILES string of the molecule is CCC1CCCC(C(N)CCc2ccc(C)cc2)C1. The van der Waals surface area contributed by atoms with E-state index >= 15 is 0 Å². The molecule has 0 aliphatic heterocycles. The molecule has 0 saturated heterocycles. The first-order chi connectivity index (χ1) is 9.19. The van der Waals surface area contributed by atoms with E-state index in [1.165, 1.54) is 43.2 Å². The zero-order valence-electron chi connectivity index (χ0n) is 12.6. The zero-order chi connectivity index (χ0) is 13.7. The summed E-state index contributed by atoms with van der Waals surface area (Å²) in [5.74, 6) is 1.70. The molecule has 1 fully saturated rings. The van der Waals surface area contributed by atoms with E-state index in [2.05, 4.69) is 38.1 Å². The van der Waals surface area contributed by atoms with Crippen molar-refractivity contribution in [3.63, 3.8) is 0 Å². The van der Waals surface area contributed by atoms with Gasteiger partial charge in [-0.25, -0.2) is 0 Å². The van der Waals surface area contributed by atoms with Crippen molar-refractivity contribution in [3.8, 4) is 0 Å². The third-order valence-electron chi connectivity index (χ3n) is 4.89. The van der Waals surface area contributed by atoms with Gasteiger partial charge in [0, 0.05) is 6.04 Å². The third kappa shape index (κ3) is 4.35. The van der Waals surface area contributed by atoms with Gasteiger partial charge in [-0.3, -0.25) is 0 Å². The summed E-state index contributed by atoms with van der Waals surface area (Å²) in [6.45, 7) is 4.47. The minimum atomic E-state index is 0.399. The van der Waals surface area contributed by atoms with Crippen LogP contribution in [-0.2, 0) is 6.42 Å². The van der Waals surface area contributed by atoms with Crippen LogP contribution in [0.2, 0.25) is 0 Å². The van der Waals surface area contributed by atoms with Crippen LogP contribution in [0.25, 0.3) is 0 Å². The summed E-state index contributed by atoms with van der Waals surface area (Å²) >= 11 is 0. The fourth-order valence-corrected chi connectivity index (χ4v) is 3.42. The summed E-state index contributed by atoms with van der Waals surface area (Å²) in [6, 6.07) is 9.30. The second-order valence-electron chi connectivity index (χ2n) is 6.39. The molecule has 0 bridgehead atoms. The van der Waals surface area contributed by atoms with E-state index in [1.807, 2.05) is 0 Å². The number of aryl methyl sites for hydroxylation is 2. The Labute approximate surface area is 118 Å². The van der Waals surface area contributed by atoms with Crippen molar-refractivity contribution in [3.05, 3.63) is 35.4 Å². The van der Waals surface area contributed by atoms with Gasteiger partial charge in [0.25, 0.3) is 0 Å². The molecular formula is C18H29N. The highest BCUT2D eigenvalue weighted by Crippen LogP contribution is 2.33. The fraction of sp³-hybridized carbons (Fsp3) is 0.667. The highest BCUT2D eigenvalue weighted by atomic mass is 14.6. The Bertz CT molecular complexity index is 368. The Morgan fingerprint density at radius 3 is 2.63 bits per heavy atom. The predicted molar refractivity (Wildman–Crippen MR) is 83.2 cm³/mol. The molecule has 1 aromatic carbocycles. The molecular weight excluding hydrogens is 230 g/mol. The summed E-state index contributed by atoms with van der Waals surface area (Å²) in [6.07, 6.45) is 9.15. The molecule has 19 heavy (non-hydrogen) atoms. The van der Waals surface area contributed by atoms with E-state index in [4.69, 9.17) is 5.73 Å². The molecule has 1 nitrogen and oxygen atoms in total. The van der Waals surface area contributed by atoms with Gasteiger partial charge in [-0.1, -0.05) is 56.0 Å². The largest absolute Gasteiger partial charge is 0.327 e. The second kappa shape index (κ2) is 7.09. The van der Waals surface area contributed by atoms with E-state index in [-0.39, 0.29) is 0 Å². The Kier molecular flexibility index (Phi) is 5.45. The lowest BCUT2D eigenvalue weighted by Gasteiger charge is -2.32. The van der Waals surface area contributed by atoms with E-state index in [9.17, 15) is 0 Å². The molecule has 1 heteroatoms. The number of hydrogen-bond acceptors (Lipinski definition) is 1. The highest BCUT2D eigenvalue weighted by molar-refractivity contribution is 5.21. The van der Waals surface area contributed by atoms with Gasteiger partial charge in [-0.2, -0.15) is 0 Å². The maximum absolute atomic E-state index is 6.44. The van der Waals surface area contributed by atoms with Gasteiger partial charge in [0.15, 0.2) is 0 Å². The summed E-state index contributed by atoms with van der Waals surface area (Å²) in [7, 11) is 0. The van der Waals surface area contributed by atoms with Gasteiger partial charge in [0.2, 0.25) is 0 Å². The Balaban J connectivity index is 1.80. The first-order valence-electron chi connectivity index (χ1n) is 8.00. The van der Waals surface area contributed by atoms with Crippen LogP contribution in [-0.4, -0.2) is 6.04 Å². The summed E-state index contributed by atoms with van der Waals surface area (Å²) in [4.78, 5) is 0. The molecule has 0 spiro atoms. The molecule has 0 radical (unpaired) electrons. The molecule has 2 N–H and O–H groups in total. The standard InChI is InChI=1S/C18H29N/c1-3-15-5-4-6-17(13-15)18(19)12-11-16-9-7-14(2)8-10-16/h7-10,15,17-18H,3-6,11-13,19H2,1-2H3. The van der Waals surface area contributed by atoms with E-state index in [0.717, 1.165) is 24.7 Å². The van der Waals surface area contributed by atoms with Gasteiger partial charge in [-0.05, 0) is 50.0 Å². The molecule has 2 rings (SSSR count). The second-order valence-corrected chi connectivity index (χ2v) is 6.39. The molecule has 1 aromatic rings. The van der Waals surface area contributed by atoms with E-state index < -0.39 is 0 Å². The quantitative estimate of drug-likeness (QED) is 0.829. The summed E-state index contributed by atoms with van der Waals surface area (Å²) in [5.41, 5.74) is 9.22. The smallest absolute Gasteiger partial charge is 0.00704 e. The van der Waals surface area contributed by atoms with Crippen LogP contribution < -0.4 is 5.73 Å². The number of hydrogen-bond donors (Lipinski definition) is 1. The molecule has 1 saturated carbocycles. The monoisotopic (exact) mass is 259 g/mol. The lowest BCUT2D eigenvalue weighted by molar-refractivity contribution is 0.224. The molecule has 1 aliphatic rings. The van der Waals surface area contributed by atoms with Crippen molar-refractivity contribution in [2.75, 3.05) is 0 Å². The normalized spacial score (nSPS) is 25.2.